The molecule has 1 aliphatic rings. The number of aryl methyl sites for hydroxylation is 1. The van der Waals surface area contributed by atoms with Gasteiger partial charge in [-0.05, 0) is 24.1 Å². The van der Waals surface area contributed by atoms with E-state index < -0.39 is 0 Å². The number of likely N-dealkylation sites (tertiary alicyclic amines) is 1. The number of amides is 1. The van der Waals surface area contributed by atoms with Crippen LogP contribution in [0.15, 0.2) is 27.4 Å². The lowest BCUT2D eigenvalue weighted by molar-refractivity contribution is -0.132. The van der Waals surface area contributed by atoms with Gasteiger partial charge in [-0.1, -0.05) is 6.07 Å². The fourth-order valence-electron chi connectivity index (χ4n) is 2.73. The van der Waals surface area contributed by atoms with E-state index in [2.05, 4.69) is 5.32 Å². The molecular weight excluding hydrogens is 270 g/mol. The Labute approximate surface area is 122 Å². The Balaban J connectivity index is 1.68. The second-order valence-electron chi connectivity index (χ2n) is 5.62. The molecule has 6 heteroatoms. The number of nitrogens with one attached hydrogen (secondary N) is 1. The first-order chi connectivity index (χ1) is 10.0. The molecule has 2 aromatic rings. The first-order valence-corrected chi connectivity index (χ1v) is 7.10. The lowest BCUT2D eigenvalue weighted by Gasteiger charge is -2.30. The molecule has 1 saturated heterocycles. The van der Waals surface area contributed by atoms with E-state index in [1.165, 1.54) is 4.57 Å². The van der Waals surface area contributed by atoms with Crippen molar-refractivity contribution in [2.75, 3.05) is 13.6 Å². The van der Waals surface area contributed by atoms with Gasteiger partial charge in [0.1, 0.15) is 0 Å². The number of nitrogens with zero attached hydrogens (tertiary/aromatic N) is 2. The Bertz CT molecular complexity index is 731. The summed E-state index contributed by atoms with van der Waals surface area (Å²) in [5.41, 5.74) is 2.47. The molecule has 1 aliphatic heterocycles. The van der Waals surface area contributed by atoms with Gasteiger partial charge in [-0.2, -0.15) is 0 Å². The summed E-state index contributed by atoms with van der Waals surface area (Å²) in [6.07, 6.45) is 1.46. The minimum absolute atomic E-state index is 0.209. The summed E-state index contributed by atoms with van der Waals surface area (Å²) >= 11 is 0. The maximum Gasteiger partial charge on any atom is 0.419 e. The van der Waals surface area contributed by atoms with Crippen LogP contribution in [0.3, 0.4) is 0 Å². The summed E-state index contributed by atoms with van der Waals surface area (Å²) in [6.45, 7) is 1.43. The molecule has 0 aliphatic carbocycles. The number of oxazole rings is 1. The largest absolute Gasteiger partial charge is 0.419 e. The van der Waals surface area contributed by atoms with Crippen LogP contribution in [0.5, 0.6) is 0 Å². The summed E-state index contributed by atoms with van der Waals surface area (Å²) in [6, 6.07) is 6.09. The Morgan fingerprint density at radius 3 is 2.90 bits per heavy atom. The first kappa shape index (κ1) is 13.9. The van der Waals surface area contributed by atoms with Crippen molar-refractivity contribution in [2.24, 2.45) is 7.05 Å². The average Bonchev–Trinajstić information content (AvgIpc) is 2.75. The summed E-state index contributed by atoms with van der Waals surface area (Å²) in [5, 5.41) is 3.45. The molecule has 6 nitrogen and oxygen atoms in total. The standard InChI is InChI=1S/C15H19N3O3/c1-17-9-11(4-6-14(17)19)16-8-10-3-5-12-13(7-10)21-15(20)18(12)2/h3,5,7,11,16H,4,6,8-9H2,1-2H3/t11-/m0/s1. The molecule has 1 amide bonds. The van der Waals surface area contributed by atoms with E-state index in [1.807, 2.05) is 25.2 Å². The molecule has 1 atom stereocenters. The van der Waals surface area contributed by atoms with Gasteiger partial charge in [0, 0.05) is 39.6 Å². The van der Waals surface area contributed by atoms with Crippen molar-refractivity contribution in [3.8, 4) is 0 Å². The number of hydrogen-bond donors (Lipinski definition) is 1. The van der Waals surface area contributed by atoms with Crippen LogP contribution in [0.2, 0.25) is 0 Å². The third kappa shape index (κ3) is 2.71. The van der Waals surface area contributed by atoms with Crippen LogP contribution in [0.25, 0.3) is 11.1 Å². The number of carbonyl (C=O) groups is 1. The molecule has 0 spiro atoms. The number of piperidine rings is 1. The Kier molecular flexibility index (Phi) is 3.55. The molecule has 21 heavy (non-hydrogen) atoms. The van der Waals surface area contributed by atoms with Crippen LogP contribution >= 0.6 is 0 Å². The first-order valence-electron chi connectivity index (χ1n) is 7.10. The highest BCUT2D eigenvalue weighted by Crippen LogP contribution is 2.15. The SMILES string of the molecule is CN1C[C@@H](NCc2ccc3c(c2)oc(=O)n3C)CCC1=O. The second-order valence-corrected chi connectivity index (χ2v) is 5.62. The fourth-order valence-corrected chi connectivity index (χ4v) is 2.73. The van der Waals surface area contributed by atoms with Crippen molar-refractivity contribution in [3.63, 3.8) is 0 Å². The van der Waals surface area contributed by atoms with Gasteiger partial charge < -0.3 is 14.6 Å². The second kappa shape index (κ2) is 5.37. The number of carbonyl (C=O) groups excluding carboxylic acids is 1. The van der Waals surface area contributed by atoms with Crippen LogP contribution in [0.1, 0.15) is 18.4 Å². The quantitative estimate of drug-likeness (QED) is 0.909. The van der Waals surface area contributed by atoms with Crippen molar-refractivity contribution in [3.05, 3.63) is 34.3 Å². The molecule has 3 rings (SSSR count). The van der Waals surface area contributed by atoms with Crippen molar-refractivity contribution in [1.82, 2.24) is 14.8 Å². The third-order valence-electron chi connectivity index (χ3n) is 4.08. The monoisotopic (exact) mass is 289 g/mol. The number of fused-ring (bicyclic) bond motifs is 1. The lowest BCUT2D eigenvalue weighted by Crippen LogP contribution is -2.46. The Hall–Kier alpha value is -2.08. The highest BCUT2D eigenvalue weighted by molar-refractivity contribution is 5.76. The van der Waals surface area contributed by atoms with Crippen LogP contribution < -0.4 is 11.1 Å². The van der Waals surface area contributed by atoms with Crippen molar-refractivity contribution >= 4 is 17.0 Å². The van der Waals surface area contributed by atoms with Crippen LogP contribution in [0.4, 0.5) is 0 Å². The molecule has 1 aromatic heterocycles. The van der Waals surface area contributed by atoms with Gasteiger partial charge in [0.05, 0.1) is 5.52 Å². The highest BCUT2D eigenvalue weighted by Gasteiger charge is 2.22. The number of benzene rings is 1. The predicted octanol–water partition coefficient (Wildman–Crippen LogP) is 0.842. The molecule has 2 heterocycles. The summed E-state index contributed by atoms with van der Waals surface area (Å²) in [7, 11) is 3.53. The zero-order valence-corrected chi connectivity index (χ0v) is 12.3. The molecule has 0 bridgehead atoms. The van der Waals surface area contributed by atoms with Crippen LogP contribution in [-0.2, 0) is 18.4 Å². The van der Waals surface area contributed by atoms with Crippen molar-refractivity contribution in [2.45, 2.75) is 25.4 Å². The van der Waals surface area contributed by atoms with Gasteiger partial charge in [0.2, 0.25) is 5.91 Å². The van der Waals surface area contributed by atoms with E-state index in [0.29, 0.717) is 24.6 Å². The van der Waals surface area contributed by atoms with Crippen molar-refractivity contribution < 1.29 is 9.21 Å². The molecule has 1 aromatic carbocycles. The smallest absolute Gasteiger partial charge is 0.408 e. The zero-order chi connectivity index (χ0) is 15.0. The minimum atomic E-state index is -0.345. The summed E-state index contributed by atoms with van der Waals surface area (Å²) in [4.78, 5) is 24.7. The minimum Gasteiger partial charge on any atom is -0.408 e. The Morgan fingerprint density at radius 1 is 1.33 bits per heavy atom. The Morgan fingerprint density at radius 2 is 2.14 bits per heavy atom. The predicted molar refractivity (Wildman–Crippen MR) is 79.0 cm³/mol. The normalized spacial score (nSPS) is 19.4. The van der Waals surface area contributed by atoms with E-state index >= 15 is 0 Å². The molecule has 0 saturated carbocycles. The average molecular weight is 289 g/mol. The number of aromatic nitrogens is 1. The highest BCUT2D eigenvalue weighted by atomic mass is 16.4. The number of rotatable bonds is 3. The fraction of sp³-hybridized carbons (Fsp3) is 0.467. The molecular formula is C15H19N3O3. The van der Waals surface area contributed by atoms with E-state index in [1.54, 1.807) is 11.9 Å². The van der Waals surface area contributed by atoms with E-state index in [0.717, 1.165) is 24.0 Å². The third-order valence-corrected chi connectivity index (χ3v) is 4.08. The molecule has 112 valence electrons. The van der Waals surface area contributed by atoms with Gasteiger partial charge >= 0.3 is 5.76 Å². The van der Waals surface area contributed by atoms with Gasteiger partial charge in [0.15, 0.2) is 5.58 Å². The van der Waals surface area contributed by atoms with E-state index in [4.69, 9.17) is 4.42 Å². The zero-order valence-electron chi connectivity index (χ0n) is 12.3. The molecule has 1 N–H and O–H groups in total. The molecule has 0 unspecified atom stereocenters. The lowest BCUT2D eigenvalue weighted by atomic mass is 10.1. The topological polar surface area (TPSA) is 67.5 Å². The van der Waals surface area contributed by atoms with Gasteiger partial charge in [-0.15, -0.1) is 0 Å². The van der Waals surface area contributed by atoms with E-state index in [9.17, 15) is 9.59 Å². The van der Waals surface area contributed by atoms with Gasteiger partial charge in [-0.3, -0.25) is 9.36 Å². The summed E-state index contributed by atoms with van der Waals surface area (Å²) < 4.78 is 6.68. The van der Waals surface area contributed by atoms with Crippen molar-refractivity contribution in [1.29, 1.82) is 0 Å². The number of likely N-dealkylation sites (N-methyl/N-ethyl adjacent to an activating group) is 1. The molecule has 1 fully saturated rings. The van der Waals surface area contributed by atoms with E-state index in [-0.39, 0.29) is 11.7 Å². The maximum atomic E-state index is 11.5. The van der Waals surface area contributed by atoms with Gasteiger partial charge in [-0.25, -0.2) is 4.79 Å². The van der Waals surface area contributed by atoms with Gasteiger partial charge in [0.25, 0.3) is 0 Å². The number of hydrogen-bond acceptors (Lipinski definition) is 4. The maximum absolute atomic E-state index is 11.5. The van der Waals surface area contributed by atoms with Crippen LogP contribution in [0, 0.1) is 0 Å². The molecule has 0 radical (unpaired) electrons. The van der Waals surface area contributed by atoms with Crippen LogP contribution in [-0.4, -0.2) is 35.0 Å². The summed E-state index contributed by atoms with van der Waals surface area (Å²) in [5.74, 6) is -0.136.